The molecule has 7 heteroatoms. The highest BCUT2D eigenvalue weighted by atomic mass is 79.9. The number of carbonyl (C=O) groups is 1. The maximum Gasteiger partial charge on any atom is 0.363 e. The number of nitrogens with zero attached hydrogens (tertiary/aromatic N) is 1. The molecule has 1 aromatic heterocycles. The fourth-order valence-corrected chi connectivity index (χ4v) is 3.21. The van der Waals surface area contributed by atoms with Gasteiger partial charge in [-0.05, 0) is 52.3 Å². The molecule has 134 valence electrons. The predicted molar refractivity (Wildman–Crippen MR) is 104 cm³/mol. The Kier molecular flexibility index (Phi) is 4.37. The van der Waals surface area contributed by atoms with Gasteiger partial charge in [-0.1, -0.05) is 12.1 Å². The number of para-hydroxylation sites is 1. The van der Waals surface area contributed by atoms with Crippen molar-refractivity contribution in [2.75, 3.05) is 7.11 Å². The predicted octanol–water partition coefficient (Wildman–Crippen LogP) is 3.91. The van der Waals surface area contributed by atoms with E-state index in [0.717, 1.165) is 0 Å². The number of methoxy groups -OCH3 is 1. The van der Waals surface area contributed by atoms with E-state index in [-0.39, 0.29) is 22.6 Å². The number of rotatable bonds is 3. The number of hydrogen-bond acceptors (Lipinski definition) is 6. The number of hydrogen-bond donors (Lipinski definition) is 0. The van der Waals surface area contributed by atoms with Crippen molar-refractivity contribution in [3.8, 4) is 5.75 Å². The van der Waals surface area contributed by atoms with Crippen LogP contribution in [0.3, 0.4) is 0 Å². The lowest BCUT2D eigenvalue weighted by Gasteiger charge is -2.05. The zero-order valence-corrected chi connectivity index (χ0v) is 15.6. The van der Waals surface area contributed by atoms with Gasteiger partial charge in [0.15, 0.2) is 11.1 Å². The molecular weight excluding hydrogens is 414 g/mol. The number of cyclic esters (lactones) is 1. The summed E-state index contributed by atoms with van der Waals surface area (Å²) in [7, 11) is 1.56. The van der Waals surface area contributed by atoms with Crippen LogP contribution in [0.4, 0.5) is 0 Å². The molecule has 0 aliphatic carbocycles. The second kappa shape index (κ2) is 6.85. The van der Waals surface area contributed by atoms with Gasteiger partial charge in [-0.15, -0.1) is 0 Å². The number of ether oxygens (including phenoxy) is 2. The largest absolute Gasteiger partial charge is 0.496 e. The Bertz CT molecular complexity index is 1190. The van der Waals surface area contributed by atoms with E-state index in [4.69, 9.17) is 13.9 Å². The third-order valence-electron chi connectivity index (χ3n) is 4.02. The van der Waals surface area contributed by atoms with E-state index in [2.05, 4.69) is 20.9 Å². The molecule has 27 heavy (non-hydrogen) atoms. The van der Waals surface area contributed by atoms with Crippen molar-refractivity contribution in [2.45, 2.75) is 0 Å². The molecule has 0 fully saturated rings. The molecule has 0 spiro atoms. The van der Waals surface area contributed by atoms with Crippen LogP contribution in [0.5, 0.6) is 5.75 Å². The monoisotopic (exact) mass is 425 g/mol. The summed E-state index contributed by atoms with van der Waals surface area (Å²) in [4.78, 5) is 29.0. The molecule has 3 aromatic rings. The molecule has 1 aliphatic rings. The van der Waals surface area contributed by atoms with Crippen molar-refractivity contribution < 1.29 is 18.7 Å². The summed E-state index contributed by atoms with van der Waals surface area (Å²) in [6.45, 7) is 0. The van der Waals surface area contributed by atoms with Crippen LogP contribution in [0.1, 0.15) is 11.1 Å². The third kappa shape index (κ3) is 3.17. The van der Waals surface area contributed by atoms with Gasteiger partial charge in [0.05, 0.1) is 22.5 Å². The lowest BCUT2D eigenvalue weighted by Crippen LogP contribution is -2.07. The summed E-state index contributed by atoms with van der Waals surface area (Å²) in [5, 5.41) is 0.432. The van der Waals surface area contributed by atoms with E-state index in [1.54, 1.807) is 49.6 Å². The quantitative estimate of drug-likeness (QED) is 0.469. The minimum absolute atomic E-state index is 0.0273. The van der Waals surface area contributed by atoms with Crippen molar-refractivity contribution >= 4 is 44.8 Å². The first kappa shape index (κ1) is 17.2. The van der Waals surface area contributed by atoms with Crippen LogP contribution in [-0.2, 0) is 9.53 Å². The Hall–Kier alpha value is -3.19. The van der Waals surface area contributed by atoms with Crippen LogP contribution in [0.25, 0.3) is 17.0 Å². The maximum absolute atomic E-state index is 12.6. The van der Waals surface area contributed by atoms with E-state index in [0.29, 0.717) is 26.8 Å². The van der Waals surface area contributed by atoms with Crippen LogP contribution in [-0.4, -0.2) is 19.0 Å². The number of benzene rings is 2. The Morgan fingerprint density at radius 2 is 1.96 bits per heavy atom. The van der Waals surface area contributed by atoms with Crippen molar-refractivity contribution in [2.24, 2.45) is 4.99 Å². The molecule has 6 nitrogen and oxygen atoms in total. The van der Waals surface area contributed by atoms with Gasteiger partial charge in [-0.25, -0.2) is 9.79 Å². The summed E-state index contributed by atoms with van der Waals surface area (Å²) < 4.78 is 16.6. The molecule has 0 N–H and O–H groups in total. The van der Waals surface area contributed by atoms with E-state index in [1.165, 1.54) is 12.3 Å². The number of carbonyl (C=O) groups excluding carboxylic acids is 1. The van der Waals surface area contributed by atoms with Crippen molar-refractivity contribution in [1.82, 2.24) is 0 Å². The summed E-state index contributed by atoms with van der Waals surface area (Å²) in [5.74, 6) is 0.164. The average molecular weight is 426 g/mol. The lowest BCUT2D eigenvalue weighted by atomic mass is 10.1. The minimum atomic E-state index is -0.635. The fourth-order valence-electron chi connectivity index (χ4n) is 2.67. The molecule has 1 aliphatic heterocycles. The third-order valence-corrected chi connectivity index (χ3v) is 4.64. The SMILES string of the molecule is COc1ccc(C2=NC(=Cc3coc4ccccc4c3=O)C(=O)O2)cc1Br. The van der Waals surface area contributed by atoms with Crippen molar-refractivity contribution in [3.63, 3.8) is 0 Å². The smallest absolute Gasteiger partial charge is 0.363 e. The summed E-state index contributed by atoms with van der Waals surface area (Å²) in [6, 6.07) is 12.1. The van der Waals surface area contributed by atoms with Crippen LogP contribution in [0.2, 0.25) is 0 Å². The zero-order valence-electron chi connectivity index (χ0n) is 14.1. The Labute approximate surface area is 161 Å². The first-order chi connectivity index (χ1) is 13.1. The van der Waals surface area contributed by atoms with Crippen LogP contribution < -0.4 is 10.2 Å². The Morgan fingerprint density at radius 1 is 1.15 bits per heavy atom. The summed E-state index contributed by atoms with van der Waals surface area (Å²) >= 11 is 3.38. The molecule has 0 unspecified atom stereocenters. The molecule has 2 heterocycles. The second-order valence-corrected chi connectivity index (χ2v) is 6.56. The van der Waals surface area contributed by atoms with Gasteiger partial charge in [0, 0.05) is 5.56 Å². The molecule has 0 bridgehead atoms. The molecule has 2 aromatic carbocycles. The van der Waals surface area contributed by atoms with Gasteiger partial charge in [0.1, 0.15) is 17.6 Å². The highest BCUT2D eigenvalue weighted by Crippen LogP contribution is 2.27. The van der Waals surface area contributed by atoms with Crippen LogP contribution in [0.15, 0.2) is 73.1 Å². The molecule has 0 atom stereocenters. The first-order valence-corrected chi connectivity index (χ1v) is 8.73. The average Bonchev–Trinajstić information content (AvgIpc) is 3.04. The first-order valence-electron chi connectivity index (χ1n) is 7.94. The van der Waals surface area contributed by atoms with Gasteiger partial charge in [0.25, 0.3) is 0 Å². The van der Waals surface area contributed by atoms with Crippen molar-refractivity contribution in [1.29, 1.82) is 0 Å². The normalized spacial score (nSPS) is 15.1. The molecule has 0 radical (unpaired) electrons. The highest BCUT2D eigenvalue weighted by Gasteiger charge is 2.25. The molecule has 4 rings (SSSR count). The van der Waals surface area contributed by atoms with Gasteiger partial charge < -0.3 is 13.9 Å². The van der Waals surface area contributed by atoms with Crippen LogP contribution in [0, 0.1) is 0 Å². The topological polar surface area (TPSA) is 78.1 Å². The van der Waals surface area contributed by atoms with Crippen LogP contribution >= 0.6 is 15.9 Å². The van der Waals surface area contributed by atoms with Gasteiger partial charge in [-0.2, -0.15) is 0 Å². The standard InChI is InChI=1S/C20H12BrNO5/c1-25-17-7-6-11(8-14(17)21)19-22-15(20(24)27-19)9-12-10-26-16-5-3-2-4-13(16)18(12)23/h2-10H,1H3. The number of esters is 1. The molecule has 0 amide bonds. The summed E-state index contributed by atoms with van der Waals surface area (Å²) in [5.41, 5.74) is 1.09. The second-order valence-electron chi connectivity index (χ2n) is 5.70. The maximum atomic E-state index is 12.6. The lowest BCUT2D eigenvalue weighted by molar-refractivity contribution is -0.129. The molecule has 0 saturated heterocycles. The Morgan fingerprint density at radius 3 is 2.74 bits per heavy atom. The van der Waals surface area contributed by atoms with Gasteiger partial charge >= 0.3 is 5.97 Å². The van der Waals surface area contributed by atoms with Gasteiger partial charge in [-0.3, -0.25) is 4.79 Å². The minimum Gasteiger partial charge on any atom is -0.496 e. The van der Waals surface area contributed by atoms with E-state index >= 15 is 0 Å². The summed E-state index contributed by atoms with van der Waals surface area (Å²) in [6.07, 6.45) is 2.68. The molecular formula is C20H12BrNO5. The van der Waals surface area contributed by atoms with Crippen molar-refractivity contribution in [3.05, 3.63) is 80.2 Å². The highest BCUT2D eigenvalue weighted by molar-refractivity contribution is 9.10. The fraction of sp³-hybridized carbons (Fsp3) is 0.0500. The zero-order chi connectivity index (χ0) is 19.0. The van der Waals surface area contributed by atoms with E-state index < -0.39 is 5.97 Å². The number of fused-ring (bicyclic) bond motifs is 1. The van der Waals surface area contributed by atoms with E-state index in [9.17, 15) is 9.59 Å². The van der Waals surface area contributed by atoms with Gasteiger partial charge in [0.2, 0.25) is 5.90 Å². The molecule has 0 saturated carbocycles. The number of halogens is 1. The number of aliphatic imine (C=N–C) groups is 1. The Balaban J connectivity index is 1.74. The van der Waals surface area contributed by atoms with E-state index in [1.807, 2.05) is 0 Å².